The molecule has 0 aromatic heterocycles. The molecule has 3 aromatic carbocycles. The molecule has 0 aliphatic heterocycles. The molecule has 0 aliphatic rings. The number of hydrogen-bond acceptors (Lipinski definition) is 6. The average molecular weight is 462 g/mol. The highest BCUT2D eigenvalue weighted by Gasteiger charge is 2.20. The second-order valence-corrected chi connectivity index (χ2v) is 7.68. The average Bonchev–Trinajstić information content (AvgIpc) is 2.85. The Hall–Kier alpha value is -4.06. The number of methoxy groups -OCH3 is 3. The van der Waals surface area contributed by atoms with Crippen LogP contribution in [0.4, 0.5) is 5.69 Å². The van der Waals surface area contributed by atoms with Crippen molar-refractivity contribution >= 4 is 5.69 Å². The van der Waals surface area contributed by atoms with Crippen LogP contribution in [-0.4, -0.2) is 31.5 Å². The number of anilines is 1. The van der Waals surface area contributed by atoms with Crippen molar-refractivity contribution in [2.45, 2.75) is 19.4 Å². The molecule has 3 aromatic rings. The number of aromatic hydroxyl groups is 2. The normalized spacial score (nSPS) is 10.4. The lowest BCUT2D eigenvalue weighted by molar-refractivity contribution is 0.324. The van der Waals surface area contributed by atoms with Gasteiger partial charge in [-0.2, -0.15) is 0 Å². The third kappa shape index (κ3) is 4.96. The molecule has 0 unspecified atom stereocenters. The highest BCUT2D eigenvalue weighted by molar-refractivity contribution is 5.84. The van der Waals surface area contributed by atoms with Gasteiger partial charge in [0.2, 0.25) is 5.75 Å². The molecule has 0 aliphatic carbocycles. The van der Waals surface area contributed by atoms with E-state index in [1.165, 1.54) is 0 Å². The molecule has 3 N–H and O–H groups in total. The van der Waals surface area contributed by atoms with Gasteiger partial charge in [-0.05, 0) is 53.8 Å². The van der Waals surface area contributed by atoms with Gasteiger partial charge in [0.15, 0.2) is 11.5 Å². The zero-order valence-corrected chi connectivity index (χ0v) is 19.9. The first-order chi connectivity index (χ1) is 16.5. The van der Waals surface area contributed by atoms with Gasteiger partial charge in [-0.15, -0.1) is 13.2 Å². The maximum atomic E-state index is 11.3. The van der Waals surface area contributed by atoms with E-state index in [9.17, 15) is 10.2 Å². The highest BCUT2D eigenvalue weighted by Crippen LogP contribution is 2.44. The Kier molecular flexibility index (Phi) is 8.09. The molecular weight excluding hydrogens is 430 g/mol. The van der Waals surface area contributed by atoms with Crippen LogP contribution in [0.15, 0.2) is 67.8 Å². The number of ether oxygens (including phenoxy) is 3. The number of nitrogens with one attached hydrogen (secondary N) is 1. The van der Waals surface area contributed by atoms with E-state index in [-0.39, 0.29) is 11.5 Å². The van der Waals surface area contributed by atoms with Gasteiger partial charge in [0, 0.05) is 17.7 Å². The van der Waals surface area contributed by atoms with Crippen molar-refractivity contribution in [2.75, 3.05) is 26.6 Å². The molecule has 0 saturated carbocycles. The summed E-state index contributed by atoms with van der Waals surface area (Å²) in [5.74, 6) is 1.75. The molecule has 0 heterocycles. The third-order valence-electron chi connectivity index (χ3n) is 5.60. The molecule has 0 spiro atoms. The summed E-state index contributed by atoms with van der Waals surface area (Å²) in [6, 6.07) is 12.6. The van der Waals surface area contributed by atoms with Crippen LogP contribution in [0.5, 0.6) is 28.7 Å². The molecule has 0 atom stereocenters. The van der Waals surface area contributed by atoms with E-state index in [0.717, 1.165) is 16.7 Å². The van der Waals surface area contributed by atoms with Crippen LogP contribution in [0.3, 0.4) is 0 Å². The van der Waals surface area contributed by atoms with Crippen LogP contribution in [0.1, 0.15) is 16.7 Å². The predicted molar refractivity (Wildman–Crippen MR) is 136 cm³/mol. The van der Waals surface area contributed by atoms with Gasteiger partial charge >= 0.3 is 0 Å². The first-order valence-electron chi connectivity index (χ1n) is 10.9. The maximum Gasteiger partial charge on any atom is 0.203 e. The maximum absolute atomic E-state index is 11.3. The number of allylic oxidation sites excluding steroid dienone is 2. The molecule has 3 rings (SSSR count). The van der Waals surface area contributed by atoms with Crippen molar-refractivity contribution in [3.8, 4) is 39.9 Å². The van der Waals surface area contributed by atoms with Crippen molar-refractivity contribution in [2.24, 2.45) is 0 Å². The number of hydrogen-bond donors (Lipinski definition) is 3. The minimum atomic E-state index is 0.0543. The van der Waals surface area contributed by atoms with Crippen molar-refractivity contribution < 1.29 is 24.4 Å². The summed E-state index contributed by atoms with van der Waals surface area (Å²) in [7, 11) is 4.70. The fraction of sp³-hybridized carbons (Fsp3) is 0.214. The van der Waals surface area contributed by atoms with Crippen LogP contribution in [-0.2, 0) is 19.4 Å². The molecule has 0 radical (unpaired) electrons. The van der Waals surface area contributed by atoms with Crippen molar-refractivity contribution in [1.82, 2.24) is 0 Å². The van der Waals surface area contributed by atoms with Gasteiger partial charge in [-0.3, -0.25) is 0 Å². The van der Waals surface area contributed by atoms with E-state index in [0.29, 0.717) is 53.4 Å². The lowest BCUT2D eigenvalue weighted by Gasteiger charge is -2.21. The summed E-state index contributed by atoms with van der Waals surface area (Å²) < 4.78 is 16.3. The van der Waals surface area contributed by atoms with Gasteiger partial charge in [0.1, 0.15) is 11.5 Å². The van der Waals surface area contributed by atoms with Crippen molar-refractivity contribution in [3.63, 3.8) is 0 Å². The number of phenols is 2. The Morgan fingerprint density at radius 3 is 2.06 bits per heavy atom. The molecule has 34 heavy (non-hydrogen) atoms. The SMILES string of the molecule is C=CCc1cc(-c2ccccc2O)c(O)c(NCc2cc(OC)c(OC)c(OC)c2)c1CC=C. The van der Waals surface area contributed by atoms with Crippen molar-refractivity contribution in [3.05, 3.63) is 84.5 Å². The lowest BCUT2D eigenvalue weighted by Crippen LogP contribution is -2.07. The number of benzene rings is 3. The lowest BCUT2D eigenvalue weighted by atomic mass is 9.92. The summed E-state index contributed by atoms with van der Waals surface area (Å²) in [6.45, 7) is 8.14. The highest BCUT2D eigenvalue weighted by atomic mass is 16.5. The van der Waals surface area contributed by atoms with E-state index >= 15 is 0 Å². The Bertz CT molecular complexity index is 1160. The predicted octanol–water partition coefficient (Wildman–Crippen LogP) is 5.86. The van der Waals surface area contributed by atoms with Gasteiger partial charge in [-0.1, -0.05) is 30.4 Å². The summed E-state index contributed by atoms with van der Waals surface area (Å²) in [5, 5.41) is 25.1. The number of rotatable bonds is 11. The monoisotopic (exact) mass is 461 g/mol. The second-order valence-electron chi connectivity index (χ2n) is 7.68. The quantitative estimate of drug-likeness (QED) is 0.245. The zero-order valence-electron chi connectivity index (χ0n) is 19.9. The van der Waals surface area contributed by atoms with Crippen molar-refractivity contribution in [1.29, 1.82) is 0 Å². The summed E-state index contributed by atoms with van der Waals surface area (Å²) in [5.41, 5.74) is 4.43. The molecule has 6 heteroatoms. The van der Waals surface area contributed by atoms with Gasteiger partial charge in [0.25, 0.3) is 0 Å². The third-order valence-corrected chi connectivity index (χ3v) is 5.60. The molecule has 0 bridgehead atoms. The topological polar surface area (TPSA) is 80.2 Å². The largest absolute Gasteiger partial charge is 0.507 e. The summed E-state index contributed by atoms with van der Waals surface area (Å²) >= 11 is 0. The summed E-state index contributed by atoms with van der Waals surface area (Å²) in [6.07, 6.45) is 4.76. The van der Waals surface area contributed by atoms with Crippen LogP contribution in [0.2, 0.25) is 0 Å². The fourth-order valence-corrected chi connectivity index (χ4v) is 4.01. The van der Waals surface area contributed by atoms with E-state index < -0.39 is 0 Å². The Labute approximate surface area is 200 Å². The smallest absolute Gasteiger partial charge is 0.203 e. The molecular formula is C28H31NO5. The van der Waals surface area contributed by atoms with Crippen LogP contribution in [0.25, 0.3) is 11.1 Å². The molecule has 0 fully saturated rings. The van der Waals surface area contributed by atoms with Gasteiger partial charge in [0.05, 0.1) is 27.0 Å². The number of para-hydroxylation sites is 1. The van der Waals surface area contributed by atoms with Gasteiger partial charge in [-0.25, -0.2) is 0 Å². The van der Waals surface area contributed by atoms with E-state index in [1.807, 2.05) is 30.3 Å². The molecule has 0 saturated heterocycles. The Morgan fingerprint density at radius 2 is 1.50 bits per heavy atom. The Balaban J connectivity index is 2.12. The second kappa shape index (κ2) is 11.2. The molecule has 6 nitrogen and oxygen atoms in total. The van der Waals surface area contributed by atoms with E-state index in [1.54, 1.807) is 45.6 Å². The minimum Gasteiger partial charge on any atom is -0.507 e. The van der Waals surface area contributed by atoms with Crippen LogP contribution < -0.4 is 19.5 Å². The number of phenolic OH excluding ortho intramolecular Hbond substituents is 2. The van der Waals surface area contributed by atoms with Crippen LogP contribution >= 0.6 is 0 Å². The van der Waals surface area contributed by atoms with E-state index in [2.05, 4.69) is 18.5 Å². The fourth-order valence-electron chi connectivity index (χ4n) is 4.01. The van der Waals surface area contributed by atoms with E-state index in [4.69, 9.17) is 14.2 Å². The van der Waals surface area contributed by atoms with Gasteiger partial charge < -0.3 is 29.7 Å². The molecule has 0 amide bonds. The summed E-state index contributed by atoms with van der Waals surface area (Å²) in [4.78, 5) is 0. The Morgan fingerprint density at radius 1 is 0.853 bits per heavy atom. The first-order valence-corrected chi connectivity index (χ1v) is 10.9. The van der Waals surface area contributed by atoms with Crippen LogP contribution in [0, 0.1) is 0 Å². The zero-order chi connectivity index (χ0) is 24.7. The first kappa shape index (κ1) is 24.6. The molecule has 178 valence electrons. The minimum absolute atomic E-state index is 0.0543. The standard InChI is InChI=1S/C28H31NO5/c1-6-10-19-16-22(21-12-8-9-13-23(21)30)27(31)26(20(19)11-7-2)29-17-18-14-24(32-3)28(34-5)25(15-18)33-4/h6-9,12-16,29-31H,1-2,10-11,17H2,3-5H3.